The van der Waals surface area contributed by atoms with Crippen molar-refractivity contribution >= 4 is 5.91 Å². The standard InChI is InChI=1S/C15H24N2O2/c1-11(2)17-15(18)12(3)16-9-8-13-6-5-7-14(10-13)19-4/h5-7,10-12,16H,8-9H2,1-4H3,(H,17,18). The highest BCUT2D eigenvalue weighted by molar-refractivity contribution is 5.81. The first-order chi connectivity index (χ1) is 9.02. The number of ether oxygens (including phenoxy) is 1. The van der Waals surface area contributed by atoms with E-state index in [0.717, 1.165) is 18.7 Å². The van der Waals surface area contributed by atoms with Gasteiger partial charge in [-0.05, 0) is 51.4 Å². The van der Waals surface area contributed by atoms with Crippen LogP contribution in [-0.2, 0) is 11.2 Å². The molecule has 1 atom stereocenters. The maximum absolute atomic E-state index is 11.7. The van der Waals surface area contributed by atoms with Crippen LogP contribution in [0.15, 0.2) is 24.3 Å². The van der Waals surface area contributed by atoms with Gasteiger partial charge in [0.1, 0.15) is 5.75 Å². The van der Waals surface area contributed by atoms with Gasteiger partial charge in [0.15, 0.2) is 0 Å². The molecule has 1 aromatic carbocycles. The minimum Gasteiger partial charge on any atom is -0.497 e. The van der Waals surface area contributed by atoms with Crippen molar-refractivity contribution in [2.75, 3.05) is 13.7 Å². The lowest BCUT2D eigenvalue weighted by atomic mass is 10.1. The average molecular weight is 264 g/mol. The summed E-state index contributed by atoms with van der Waals surface area (Å²) in [6.45, 7) is 6.56. The van der Waals surface area contributed by atoms with Gasteiger partial charge in [0.2, 0.25) is 5.91 Å². The zero-order valence-electron chi connectivity index (χ0n) is 12.2. The number of amides is 1. The third-order valence-corrected chi connectivity index (χ3v) is 2.82. The predicted octanol–water partition coefficient (Wildman–Crippen LogP) is 1.74. The Kier molecular flexibility index (Phi) is 6.36. The van der Waals surface area contributed by atoms with Gasteiger partial charge in [-0.25, -0.2) is 0 Å². The summed E-state index contributed by atoms with van der Waals surface area (Å²) in [4.78, 5) is 11.7. The van der Waals surface area contributed by atoms with Crippen LogP contribution < -0.4 is 15.4 Å². The third kappa shape index (κ3) is 5.75. The highest BCUT2D eigenvalue weighted by Crippen LogP contribution is 2.12. The van der Waals surface area contributed by atoms with Crippen molar-refractivity contribution in [2.45, 2.75) is 39.3 Å². The summed E-state index contributed by atoms with van der Waals surface area (Å²) in [5, 5.41) is 6.11. The van der Waals surface area contributed by atoms with Crippen molar-refractivity contribution in [3.8, 4) is 5.75 Å². The maximum Gasteiger partial charge on any atom is 0.237 e. The van der Waals surface area contributed by atoms with Gasteiger partial charge >= 0.3 is 0 Å². The van der Waals surface area contributed by atoms with Gasteiger partial charge in [-0.15, -0.1) is 0 Å². The summed E-state index contributed by atoms with van der Waals surface area (Å²) >= 11 is 0. The smallest absolute Gasteiger partial charge is 0.237 e. The Balaban J connectivity index is 2.35. The second kappa shape index (κ2) is 7.79. The molecule has 0 radical (unpaired) electrons. The van der Waals surface area contributed by atoms with Crippen LogP contribution in [-0.4, -0.2) is 31.6 Å². The molecule has 0 aliphatic heterocycles. The molecule has 4 heteroatoms. The molecule has 0 saturated carbocycles. The van der Waals surface area contributed by atoms with Crippen molar-refractivity contribution in [3.63, 3.8) is 0 Å². The molecule has 1 aromatic rings. The van der Waals surface area contributed by atoms with Crippen LogP contribution in [0, 0.1) is 0 Å². The van der Waals surface area contributed by atoms with Gasteiger partial charge in [-0.3, -0.25) is 4.79 Å². The Morgan fingerprint density at radius 3 is 2.68 bits per heavy atom. The van der Waals surface area contributed by atoms with E-state index in [1.807, 2.05) is 39.0 Å². The molecule has 0 spiro atoms. The molecule has 106 valence electrons. The number of hydrogen-bond donors (Lipinski definition) is 2. The van der Waals surface area contributed by atoms with Gasteiger partial charge < -0.3 is 15.4 Å². The number of benzene rings is 1. The van der Waals surface area contributed by atoms with Crippen molar-refractivity contribution in [1.29, 1.82) is 0 Å². The molecular weight excluding hydrogens is 240 g/mol. The molecule has 0 aliphatic rings. The number of hydrogen-bond acceptors (Lipinski definition) is 3. The van der Waals surface area contributed by atoms with Crippen LogP contribution in [0.3, 0.4) is 0 Å². The van der Waals surface area contributed by atoms with Crippen molar-refractivity contribution < 1.29 is 9.53 Å². The fourth-order valence-corrected chi connectivity index (χ4v) is 1.76. The normalized spacial score (nSPS) is 12.3. The van der Waals surface area contributed by atoms with Crippen molar-refractivity contribution in [2.24, 2.45) is 0 Å². The molecular formula is C15H24N2O2. The van der Waals surface area contributed by atoms with Crippen molar-refractivity contribution in [3.05, 3.63) is 29.8 Å². The van der Waals surface area contributed by atoms with Crippen molar-refractivity contribution in [1.82, 2.24) is 10.6 Å². The van der Waals surface area contributed by atoms with Crippen LogP contribution in [0.4, 0.5) is 0 Å². The largest absolute Gasteiger partial charge is 0.497 e. The molecule has 2 N–H and O–H groups in total. The number of rotatable bonds is 7. The number of carbonyl (C=O) groups excluding carboxylic acids is 1. The second-order valence-electron chi connectivity index (χ2n) is 4.94. The lowest BCUT2D eigenvalue weighted by Gasteiger charge is -2.16. The molecule has 0 bridgehead atoms. The van der Waals surface area contributed by atoms with Gasteiger partial charge in [0.05, 0.1) is 13.2 Å². The van der Waals surface area contributed by atoms with Crippen LogP contribution in [0.5, 0.6) is 5.75 Å². The van der Waals surface area contributed by atoms with Gasteiger partial charge in [-0.2, -0.15) is 0 Å². The van der Waals surface area contributed by atoms with E-state index in [0.29, 0.717) is 0 Å². The van der Waals surface area contributed by atoms with E-state index in [2.05, 4.69) is 16.7 Å². The first kappa shape index (κ1) is 15.5. The van der Waals surface area contributed by atoms with Crippen LogP contribution in [0.2, 0.25) is 0 Å². The second-order valence-corrected chi connectivity index (χ2v) is 4.94. The molecule has 0 aromatic heterocycles. The summed E-state index contributed by atoms with van der Waals surface area (Å²) in [5.41, 5.74) is 1.20. The van der Waals surface area contributed by atoms with Crippen LogP contribution in [0.25, 0.3) is 0 Å². The first-order valence-electron chi connectivity index (χ1n) is 6.69. The molecule has 4 nitrogen and oxygen atoms in total. The van der Waals surface area contributed by atoms with Crippen LogP contribution >= 0.6 is 0 Å². The van der Waals surface area contributed by atoms with E-state index in [1.54, 1.807) is 7.11 Å². The third-order valence-electron chi connectivity index (χ3n) is 2.82. The summed E-state index contributed by atoms with van der Waals surface area (Å²) in [7, 11) is 1.66. The number of nitrogens with one attached hydrogen (secondary N) is 2. The Hall–Kier alpha value is -1.55. The molecule has 0 aliphatic carbocycles. The van der Waals surface area contributed by atoms with Crippen LogP contribution in [0.1, 0.15) is 26.3 Å². The Morgan fingerprint density at radius 1 is 1.32 bits per heavy atom. The van der Waals surface area contributed by atoms with Gasteiger partial charge in [-0.1, -0.05) is 12.1 Å². The highest BCUT2D eigenvalue weighted by atomic mass is 16.5. The number of methoxy groups -OCH3 is 1. The number of carbonyl (C=O) groups is 1. The maximum atomic E-state index is 11.7. The van der Waals surface area contributed by atoms with E-state index in [9.17, 15) is 4.79 Å². The highest BCUT2D eigenvalue weighted by Gasteiger charge is 2.12. The minimum absolute atomic E-state index is 0.0423. The topological polar surface area (TPSA) is 50.4 Å². The molecule has 1 amide bonds. The molecule has 0 heterocycles. The molecule has 19 heavy (non-hydrogen) atoms. The van der Waals surface area contributed by atoms with Gasteiger partial charge in [0, 0.05) is 6.04 Å². The zero-order chi connectivity index (χ0) is 14.3. The molecule has 1 unspecified atom stereocenters. The SMILES string of the molecule is COc1cccc(CCNC(C)C(=O)NC(C)C)c1. The lowest BCUT2D eigenvalue weighted by Crippen LogP contribution is -2.45. The summed E-state index contributed by atoms with van der Waals surface area (Å²) < 4.78 is 5.18. The zero-order valence-corrected chi connectivity index (χ0v) is 12.2. The molecule has 0 saturated heterocycles. The van der Waals surface area contributed by atoms with E-state index < -0.39 is 0 Å². The van der Waals surface area contributed by atoms with E-state index >= 15 is 0 Å². The first-order valence-corrected chi connectivity index (χ1v) is 6.69. The van der Waals surface area contributed by atoms with Gasteiger partial charge in [0.25, 0.3) is 0 Å². The Bertz CT molecular complexity index is 405. The fourth-order valence-electron chi connectivity index (χ4n) is 1.76. The summed E-state index contributed by atoms with van der Waals surface area (Å²) in [6, 6.07) is 7.98. The molecule has 0 fully saturated rings. The van der Waals surface area contributed by atoms with E-state index in [-0.39, 0.29) is 18.0 Å². The minimum atomic E-state index is -0.173. The summed E-state index contributed by atoms with van der Waals surface area (Å²) in [6.07, 6.45) is 0.872. The Labute approximate surface area is 115 Å². The molecule has 1 rings (SSSR count). The monoisotopic (exact) mass is 264 g/mol. The van der Waals surface area contributed by atoms with E-state index in [1.165, 1.54) is 5.56 Å². The lowest BCUT2D eigenvalue weighted by molar-refractivity contribution is -0.123. The fraction of sp³-hybridized carbons (Fsp3) is 0.533. The Morgan fingerprint density at radius 2 is 2.05 bits per heavy atom. The average Bonchev–Trinajstić information content (AvgIpc) is 2.38. The predicted molar refractivity (Wildman–Crippen MR) is 77.4 cm³/mol. The van der Waals surface area contributed by atoms with E-state index in [4.69, 9.17) is 4.74 Å². The quantitative estimate of drug-likeness (QED) is 0.788. The summed E-state index contributed by atoms with van der Waals surface area (Å²) in [5.74, 6) is 0.906.